The Morgan fingerprint density at radius 2 is 2.00 bits per heavy atom. The SMILES string of the molecule is CNC1CCCCCC1c1nc(C(C)S(C)(=O)=O)no1. The predicted molar refractivity (Wildman–Crippen MR) is 76.2 cm³/mol. The summed E-state index contributed by atoms with van der Waals surface area (Å²) >= 11 is 0. The summed E-state index contributed by atoms with van der Waals surface area (Å²) in [7, 11) is -1.26. The van der Waals surface area contributed by atoms with E-state index in [2.05, 4.69) is 15.5 Å². The summed E-state index contributed by atoms with van der Waals surface area (Å²) in [4.78, 5) is 4.34. The van der Waals surface area contributed by atoms with Crippen LogP contribution in [0.2, 0.25) is 0 Å². The molecule has 0 bridgehead atoms. The molecule has 0 radical (unpaired) electrons. The summed E-state index contributed by atoms with van der Waals surface area (Å²) in [6.45, 7) is 1.59. The summed E-state index contributed by atoms with van der Waals surface area (Å²) in [5.74, 6) is 1.01. The molecule has 114 valence electrons. The van der Waals surface area contributed by atoms with E-state index in [1.807, 2.05) is 7.05 Å². The number of rotatable bonds is 4. The average molecular weight is 301 g/mol. The molecule has 1 aromatic rings. The first-order valence-corrected chi connectivity index (χ1v) is 9.08. The van der Waals surface area contributed by atoms with E-state index in [4.69, 9.17) is 4.52 Å². The summed E-state index contributed by atoms with van der Waals surface area (Å²) in [5.41, 5.74) is 0. The Morgan fingerprint density at radius 1 is 1.30 bits per heavy atom. The van der Waals surface area contributed by atoms with Crippen LogP contribution in [-0.2, 0) is 9.84 Å². The first-order valence-electron chi connectivity index (χ1n) is 7.13. The van der Waals surface area contributed by atoms with Crippen LogP contribution in [0.3, 0.4) is 0 Å². The Bertz CT molecular complexity index is 541. The van der Waals surface area contributed by atoms with E-state index in [0.29, 0.717) is 11.9 Å². The van der Waals surface area contributed by atoms with Crippen molar-refractivity contribution in [3.05, 3.63) is 11.7 Å². The average Bonchev–Trinajstić information content (AvgIpc) is 2.75. The quantitative estimate of drug-likeness (QED) is 0.854. The van der Waals surface area contributed by atoms with E-state index in [0.717, 1.165) is 19.3 Å². The minimum Gasteiger partial charge on any atom is -0.339 e. The van der Waals surface area contributed by atoms with E-state index in [9.17, 15) is 8.42 Å². The third-order valence-electron chi connectivity index (χ3n) is 4.17. The molecule has 0 amide bonds. The molecule has 0 aromatic carbocycles. The highest BCUT2D eigenvalue weighted by Gasteiger charge is 2.30. The fourth-order valence-corrected chi connectivity index (χ4v) is 3.18. The molecule has 0 spiro atoms. The molecule has 1 heterocycles. The number of sulfone groups is 1. The number of aromatic nitrogens is 2. The van der Waals surface area contributed by atoms with Gasteiger partial charge in [-0.3, -0.25) is 0 Å². The molecular formula is C13H23N3O3S. The Kier molecular flexibility index (Phi) is 4.80. The molecule has 20 heavy (non-hydrogen) atoms. The van der Waals surface area contributed by atoms with Crippen LogP contribution >= 0.6 is 0 Å². The molecule has 3 unspecified atom stereocenters. The van der Waals surface area contributed by atoms with Gasteiger partial charge in [0.1, 0.15) is 5.25 Å². The molecule has 0 aliphatic heterocycles. The van der Waals surface area contributed by atoms with Crippen molar-refractivity contribution in [1.82, 2.24) is 15.5 Å². The highest BCUT2D eigenvalue weighted by molar-refractivity contribution is 7.90. The number of nitrogens with one attached hydrogen (secondary N) is 1. The van der Waals surface area contributed by atoms with Gasteiger partial charge in [-0.1, -0.05) is 24.4 Å². The first kappa shape index (κ1) is 15.4. The zero-order chi connectivity index (χ0) is 14.8. The Morgan fingerprint density at radius 3 is 2.65 bits per heavy atom. The Hall–Kier alpha value is -0.950. The third kappa shape index (κ3) is 3.38. The van der Waals surface area contributed by atoms with Crippen molar-refractivity contribution in [2.75, 3.05) is 13.3 Å². The van der Waals surface area contributed by atoms with Crippen molar-refractivity contribution < 1.29 is 12.9 Å². The molecule has 1 aromatic heterocycles. The van der Waals surface area contributed by atoms with Gasteiger partial charge in [0.2, 0.25) is 5.89 Å². The monoisotopic (exact) mass is 301 g/mol. The second-order valence-electron chi connectivity index (χ2n) is 5.60. The molecule has 3 atom stereocenters. The Balaban J connectivity index is 2.22. The van der Waals surface area contributed by atoms with Gasteiger partial charge in [0, 0.05) is 12.3 Å². The van der Waals surface area contributed by atoms with Gasteiger partial charge < -0.3 is 9.84 Å². The van der Waals surface area contributed by atoms with E-state index in [1.165, 1.54) is 19.1 Å². The summed E-state index contributed by atoms with van der Waals surface area (Å²) < 4.78 is 28.5. The lowest BCUT2D eigenvalue weighted by molar-refractivity contribution is 0.309. The highest BCUT2D eigenvalue weighted by Crippen LogP contribution is 2.32. The van der Waals surface area contributed by atoms with Gasteiger partial charge in [0.15, 0.2) is 15.7 Å². The number of nitrogens with zero attached hydrogens (tertiary/aromatic N) is 2. The lowest BCUT2D eigenvalue weighted by atomic mass is 9.95. The second kappa shape index (κ2) is 6.22. The molecule has 1 saturated carbocycles. The van der Waals surface area contributed by atoms with E-state index in [1.54, 1.807) is 6.92 Å². The molecule has 1 aliphatic carbocycles. The van der Waals surface area contributed by atoms with Gasteiger partial charge in [-0.2, -0.15) is 4.98 Å². The minimum atomic E-state index is -3.20. The van der Waals surface area contributed by atoms with Gasteiger partial charge in [-0.05, 0) is 26.8 Å². The van der Waals surface area contributed by atoms with Crippen molar-refractivity contribution >= 4 is 9.84 Å². The molecule has 6 nitrogen and oxygen atoms in total. The summed E-state index contributed by atoms with van der Waals surface area (Å²) in [5, 5.41) is 6.46. The highest BCUT2D eigenvalue weighted by atomic mass is 32.2. The first-order chi connectivity index (χ1) is 9.43. The van der Waals surface area contributed by atoms with Crippen LogP contribution in [0.4, 0.5) is 0 Å². The number of likely N-dealkylation sites (N-methyl/N-ethyl adjacent to an activating group) is 1. The second-order valence-corrected chi connectivity index (χ2v) is 7.97. The van der Waals surface area contributed by atoms with E-state index < -0.39 is 15.1 Å². The van der Waals surface area contributed by atoms with Crippen LogP contribution in [0.25, 0.3) is 0 Å². The largest absolute Gasteiger partial charge is 0.339 e. The van der Waals surface area contributed by atoms with Crippen LogP contribution in [0, 0.1) is 0 Å². The van der Waals surface area contributed by atoms with Crippen molar-refractivity contribution in [1.29, 1.82) is 0 Å². The minimum absolute atomic E-state index is 0.176. The van der Waals surface area contributed by atoms with Gasteiger partial charge in [0.25, 0.3) is 0 Å². The lowest BCUT2D eigenvalue weighted by Gasteiger charge is -2.21. The topological polar surface area (TPSA) is 85.1 Å². The maximum atomic E-state index is 11.6. The molecule has 7 heteroatoms. The normalized spacial score (nSPS) is 26.1. The maximum Gasteiger partial charge on any atom is 0.231 e. The Labute approximate surface area is 120 Å². The number of hydrogen-bond donors (Lipinski definition) is 1. The third-order valence-corrected chi connectivity index (χ3v) is 5.66. The molecule has 1 aliphatic rings. The molecule has 1 fully saturated rings. The fourth-order valence-electron chi connectivity index (χ4n) is 2.70. The molecular weight excluding hydrogens is 278 g/mol. The number of hydrogen-bond acceptors (Lipinski definition) is 6. The van der Waals surface area contributed by atoms with Crippen LogP contribution in [0.15, 0.2) is 4.52 Å². The molecule has 0 saturated heterocycles. The van der Waals surface area contributed by atoms with Gasteiger partial charge >= 0.3 is 0 Å². The predicted octanol–water partition coefficient (Wildman–Crippen LogP) is 1.81. The van der Waals surface area contributed by atoms with E-state index >= 15 is 0 Å². The smallest absolute Gasteiger partial charge is 0.231 e. The lowest BCUT2D eigenvalue weighted by Crippen LogP contribution is -2.31. The zero-order valence-electron chi connectivity index (χ0n) is 12.3. The van der Waals surface area contributed by atoms with Crippen molar-refractivity contribution in [2.45, 2.75) is 56.2 Å². The fraction of sp³-hybridized carbons (Fsp3) is 0.846. The summed E-state index contributed by atoms with van der Waals surface area (Å²) in [6.07, 6.45) is 6.83. The van der Waals surface area contributed by atoms with Crippen molar-refractivity contribution in [2.24, 2.45) is 0 Å². The van der Waals surface area contributed by atoms with Gasteiger partial charge in [-0.15, -0.1) is 0 Å². The van der Waals surface area contributed by atoms with Crippen molar-refractivity contribution in [3.8, 4) is 0 Å². The van der Waals surface area contributed by atoms with E-state index in [-0.39, 0.29) is 11.7 Å². The zero-order valence-corrected chi connectivity index (χ0v) is 13.1. The molecule has 1 N–H and O–H groups in total. The molecule has 2 rings (SSSR count). The van der Waals surface area contributed by atoms with Crippen LogP contribution in [0.1, 0.15) is 61.9 Å². The van der Waals surface area contributed by atoms with Gasteiger partial charge in [0.05, 0.1) is 5.92 Å². The summed E-state index contributed by atoms with van der Waals surface area (Å²) in [6, 6.07) is 0.319. The van der Waals surface area contributed by atoms with Gasteiger partial charge in [-0.25, -0.2) is 8.42 Å². The van der Waals surface area contributed by atoms with Crippen LogP contribution < -0.4 is 5.32 Å². The van der Waals surface area contributed by atoms with Crippen molar-refractivity contribution in [3.63, 3.8) is 0 Å². The van der Waals surface area contributed by atoms with Crippen LogP contribution in [0.5, 0.6) is 0 Å². The standard InChI is InChI=1S/C13H23N3O3S/c1-9(20(3,17)18)12-15-13(19-16-12)10-7-5-4-6-8-11(10)14-2/h9-11,14H,4-8H2,1-3H3. The van der Waals surface area contributed by atoms with Crippen LogP contribution in [-0.4, -0.2) is 37.9 Å². The maximum absolute atomic E-state index is 11.6.